The number of rotatable bonds is 3. The molecule has 0 aliphatic rings. The van der Waals surface area contributed by atoms with E-state index >= 15 is 0 Å². The van der Waals surface area contributed by atoms with E-state index in [0.29, 0.717) is 5.69 Å². The van der Waals surface area contributed by atoms with E-state index in [1.54, 1.807) is 24.3 Å². The van der Waals surface area contributed by atoms with Crippen molar-refractivity contribution in [2.24, 2.45) is 10.2 Å². The minimum absolute atomic E-state index is 0.212. The zero-order valence-corrected chi connectivity index (χ0v) is 12.7. The summed E-state index contributed by atoms with van der Waals surface area (Å²) in [6.45, 7) is 0. The second-order valence-corrected chi connectivity index (χ2v) is 5.37. The number of imidazole rings is 1. The standard InChI is InChI=1S/C19H14N4O/c24-16-11-9-15(10-12-16)23-22-14-7-5-13(6-8-14)19-20-17-3-1-2-4-18(17)21-19/h1-12,24H,(H,20,21). The number of aromatic hydroxyl groups is 1. The molecule has 5 nitrogen and oxygen atoms in total. The van der Waals surface area contributed by atoms with Crippen molar-refractivity contribution in [3.8, 4) is 17.1 Å². The highest BCUT2D eigenvalue weighted by molar-refractivity contribution is 5.79. The fourth-order valence-electron chi connectivity index (χ4n) is 2.41. The van der Waals surface area contributed by atoms with Gasteiger partial charge in [0.05, 0.1) is 22.4 Å². The largest absolute Gasteiger partial charge is 0.508 e. The van der Waals surface area contributed by atoms with E-state index < -0.39 is 0 Å². The number of para-hydroxylation sites is 2. The van der Waals surface area contributed by atoms with Gasteiger partial charge in [0, 0.05) is 5.56 Å². The Morgan fingerprint density at radius 1 is 0.750 bits per heavy atom. The Morgan fingerprint density at radius 2 is 1.38 bits per heavy atom. The summed E-state index contributed by atoms with van der Waals surface area (Å²) in [7, 11) is 0. The molecule has 0 spiro atoms. The first-order chi connectivity index (χ1) is 11.8. The highest BCUT2D eigenvalue weighted by Crippen LogP contribution is 2.24. The Hall–Kier alpha value is -3.47. The molecule has 0 aliphatic carbocycles. The number of nitrogens with one attached hydrogen (secondary N) is 1. The van der Waals surface area contributed by atoms with Crippen LogP contribution in [0.2, 0.25) is 0 Å². The first-order valence-electron chi connectivity index (χ1n) is 7.54. The van der Waals surface area contributed by atoms with Crippen molar-refractivity contribution in [2.45, 2.75) is 0 Å². The molecule has 4 rings (SSSR count). The van der Waals surface area contributed by atoms with Crippen molar-refractivity contribution < 1.29 is 5.11 Å². The molecule has 116 valence electrons. The molecular weight excluding hydrogens is 300 g/mol. The van der Waals surface area contributed by atoms with Gasteiger partial charge in [-0.1, -0.05) is 12.1 Å². The molecule has 24 heavy (non-hydrogen) atoms. The molecule has 0 atom stereocenters. The molecule has 0 fully saturated rings. The fourth-order valence-corrected chi connectivity index (χ4v) is 2.41. The molecular formula is C19H14N4O. The van der Waals surface area contributed by atoms with E-state index in [1.165, 1.54) is 0 Å². The quantitative estimate of drug-likeness (QED) is 0.500. The predicted molar refractivity (Wildman–Crippen MR) is 93.8 cm³/mol. The van der Waals surface area contributed by atoms with Crippen molar-refractivity contribution in [2.75, 3.05) is 0 Å². The molecule has 3 aromatic carbocycles. The van der Waals surface area contributed by atoms with Crippen LogP contribution in [0.1, 0.15) is 0 Å². The monoisotopic (exact) mass is 314 g/mol. The van der Waals surface area contributed by atoms with Crippen molar-refractivity contribution >= 4 is 22.4 Å². The number of phenols is 1. The van der Waals surface area contributed by atoms with Crippen molar-refractivity contribution in [3.63, 3.8) is 0 Å². The van der Waals surface area contributed by atoms with Gasteiger partial charge in [-0.15, -0.1) is 0 Å². The molecule has 0 bridgehead atoms. The minimum atomic E-state index is 0.212. The second kappa shape index (κ2) is 5.96. The van der Waals surface area contributed by atoms with E-state index in [0.717, 1.165) is 28.1 Å². The maximum atomic E-state index is 9.25. The summed E-state index contributed by atoms with van der Waals surface area (Å²) in [5.41, 5.74) is 4.40. The number of aromatic amines is 1. The van der Waals surface area contributed by atoms with Crippen LogP contribution in [0.25, 0.3) is 22.4 Å². The Bertz CT molecular complexity index is 969. The van der Waals surface area contributed by atoms with Gasteiger partial charge >= 0.3 is 0 Å². The van der Waals surface area contributed by atoms with Crippen molar-refractivity contribution in [1.82, 2.24) is 9.97 Å². The van der Waals surface area contributed by atoms with Crippen LogP contribution in [-0.4, -0.2) is 15.1 Å². The molecule has 5 heteroatoms. The molecule has 0 amide bonds. The molecule has 2 N–H and O–H groups in total. The third kappa shape index (κ3) is 2.87. The third-order valence-corrected chi connectivity index (χ3v) is 3.66. The van der Waals surface area contributed by atoms with Crippen molar-refractivity contribution in [3.05, 3.63) is 72.8 Å². The van der Waals surface area contributed by atoms with Crippen LogP contribution >= 0.6 is 0 Å². The van der Waals surface area contributed by atoms with Crippen molar-refractivity contribution in [1.29, 1.82) is 0 Å². The molecule has 0 aliphatic heterocycles. The van der Waals surface area contributed by atoms with Gasteiger partial charge in [0.2, 0.25) is 0 Å². The SMILES string of the molecule is Oc1ccc(N=Nc2ccc(-c3nc4ccccc4[nH]3)cc2)cc1. The Kier molecular flexibility index (Phi) is 3.51. The summed E-state index contributed by atoms with van der Waals surface area (Å²) >= 11 is 0. The Balaban J connectivity index is 1.57. The van der Waals surface area contributed by atoms with Crippen LogP contribution in [0.15, 0.2) is 83.0 Å². The molecule has 0 saturated heterocycles. The number of fused-ring (bicyclic) bond motifs is 1. The van der Waals surface area contributed by atoms with Crippen LogP contribution in [0, 0.1) is 0 Å². The first-order valence-corrected chi connectivity index (χ1v) is 7.54. The highest BCUT2D eigenvalue weighted by Gasteiger charge is 2.04. The summed E-state index contributed by atoms with van der Waals surface area (Å²) in [6, 6.07) is 22.2. The average Bonchev–Trinajstić information content (AvgIpc) is 3.06. The van der Waals surface area contributed by atoms with Gasteiger partial charge in [-0.2, -0.15) is 10.2 Å². The lowest BCUT2D eigenvalue weighted by molar-refractivity contribution is 0.475. The van der Waals surface area contributed by atoms with E-state index in [9.17, 15) is 5.11 Å². The van der Waals surface area contributed by atoms with Gasteiger partial charge in [0.15, 0.2) is 0 Å². The van der Waals surface area contributed by atoms with Crippen LogP contribution in [0.5, 0.6) is 5.75 Å². The molecule has 0 radical (unpaired) electrons. The lowest BCUT2D eigenvalue weighted by Gasteiger charge is -1.97. The summed E-state index contributed by atoms with van der Waals surface area (Å²) in [5, 5.41) is 17.6. The van der Waals surface area contributed by atoms with E-state index in [2.05, 4.69) is 20.2 Å². The zero-order valence-electron chi connectivity index (χ0n) is 12.7. The van der Waals surface area contributed by atoms with E-state index in [-0.39, 0.29) is 5.75 Å². The number of hydrogen-bond acceptors (Lipinski definition) is 4. The predicted octanol–water partition coefficient (Wildman–Crippen LogP) is 5.35. The number of benzene rings is 3. The summed E-state index contributed by atoms with van der Waals surface area (Å²) in [6.07, 6.45) is 0. The van der Waals surface area contributed by atoms with Gasteiger partial charge in [0.25, 0.3) is 0 Å². The minimum Gasteiger partial charge on any atom is -0.508 e. The Labute approximate surface area is 138 Å². The molecule has 4 aromatic rings. The van der Waals surface area contributed by atoms with Gasteiger partial charge in [-0.25, -0.2) is 4.98 Å². The number of hydrogen-bond donors (Lipinski definition) is 2. The Morgan fingerprint density at radius 3 is 2.04 bits per heavy atom. The molecule has 0 saturated carbocycles. The normalized spacial score (nSPS) is 11.3. The number of azo groups is 1. The molecule has 1 aromatic heterocycles. The number of phenolic OH excluding ortho intramolecular Hbond substituents is 1. The fraction of sp³-hybridized carbons (Fsp3) is 0. The summed E-state index contributed by atoms with van der Waals surface area (Å²) in [5.74, 6) is 1.04. The smallest absolute Gasteiger partial charge is 0.138 e. The zero-order chi connectivity index (χ0) is 16.4. The summed E-state index contributed by atoms with van der Waals surface area (Å²) < 4.78 is 0. The van der Waals surface area contributed by atoms with E-state index in [4.69, 9.17) is 0 Å². The van der Waals surface area contributed by atoms with Gasteiger partial charge in [-0.3, -0.25) is 0 Å². The molecule has 0 unspecified atom stereocenters. The first kappa shape index (κ1) is 14.1. The number of nitrogens with zero attached hydrogens (tertiary/aromatic N) is 3. The second-order valence-electron chi connectivity index (χ2n) is 5.37. The van der Waals surface area contributed by atoms with Gasteiger partial charge in [0.1, 0.15) is 11.6 Å². The van der Waals surface area contributed by atoms with Gasteiger partial charge < -0.3 is 10.1 Å². The van der Waals surface area contributed by atoms with Crippen LogP contribution in [-0.2, 0) is 0 Å². The third-order valence-electron chi connectivity index (χ3n) is 3.66. The maximum absolute atomic E-state index is 9.25. The van der Waals surface area contributed by atoms with Crippen LogP contribution in [0.4, 0.5) is 11.4 Å². The number of H-pyrrole nitrogens is 1. The van der Waals surface area contributed by atoms with Crippen LogP contribution in [0.3, 0.4) is 0 Å². The summed E-state index contributed by atoms with van der Waals surface area (Å²) in [4.78, 5) is 7.89. The molecule has 1 heterocycles. The van der Waals surface area contributed by atoms with Gasteiger partial charge in [-0.05, 0) is 60.7 Å². The topological polar surface area (TPSA) is 73.6 Å². The van der Waals surface area contributed by atoms with E-state index in [1.807, 2.05) is 48.5 Å². The number of aromatic nitrogens is 2. The average molecular weight is 314 g/mol. The highest BCUT2D eigenvalue weighted by atomic mass is 16.3. The maximum Gasteiger partial charge on any atom is 0.138 e. The lowest BCUT2D eigenvalue weighted by atomic mass is 10.2. The van der Waals surface area contributed by atoms with Crippen LogP contribution < -0.4 is 0 Å². The lowest BCUT2D eigenvalue weighted by Crippen LogP contribution is -1.78.